The lowest BCUT2D eigenvalue weighted by molar-refractivity contribution is 0.199. The van der Waals surface area contributed by atoms with Crippen LogP contribution >= 0.6 is 0 Å². The SMILES string of the molecule is Fc1cccc(C(c2cccc3ccccc23)N2CCNCC2)c1. The number of halogens is 1. The van der Waals surface area contributed by atoms with Gasteiger partial charge in [0.2, 0.25) is 0 Å². The summed E-state index contributed by atoms with van der Waals surface area (Å²) in [6, 6.07) is 22.0. The first kappa shape index (κ1) is 15.3. The molecule has 0 aromatic heterocycles. The van der Waals surface area contributed by atoms with Crippen LogP contribution in [0, 0.1) is 5.82 Å². The number of nitrogens with one attached hydrogen (secondary N) is 1. The van der Waals surface area contributed by atoms with Crippen LogP contribution in [0.25, 0.3) is 10.8 Å². The molecular weight excluding hydrogens is 299 g/mol. The number of benzene rings is 3. The predicted octanol–water partition coefficient (Wildman–Crippen LogP) is 3.97. The summed E-state index contributed by atoms with van der Waals surface area (Å²) in [4.78, 5) is 2.45. The Hall–Kier alpha value is -2.23. The molecule has 2 nitrogen and oxygen atoms in total. The van der Waals surface area contributed by atoms with E-state index in [4.69, 9.17) is 0 Å². The van der Waals surface area contributed by atoms with Gasteiger partial charge < -0.3 is 5.32 Å². The lowest BCUT2D eigenvalue weighted by Crippen LogP contribution is -2.45. The Morgan fingerprint density at radius 3 is 2.46 bits per heavy atom. The number of piperazine rings is 1. The summed E-state index contributed by atoms with van der Waals surface area (Å²) >= 11 is 0. The molecule has 0 aliphatic carbocycles. The van der Waals surface area contributed by atoms with Gasteiger partial charge in [-0.1, -0.05) is 54.6 Å². The van der Waals surface area contributed by atoms with E-state index < -0.39 is 0 Å². The van der Waals surface area contributed by atoms with Crippen LogP contribution in [0.1, 0.15) is 17.2 Å². The van der Waals surface area contributed by atoms with Gasteiger partial charge in [-0.25, -0.2) is 4.39 Å². The van der Waals surface area contributed by atoms with Gasteiger partial charge in [0, 0.05) is 26.2 Å². The minimum Gasteiger partial charge on any atom is -0.314 e. The van der Waals surface area contributed by atoms with E-state index in [1.807, 2.05) is 12.1 Å². The fourth-order valence-electron chi connectivity index (χ4n) is 3.69. The fourth-order valence-corrected chi connectivity index (χ4v) is 3.69. The minimum absolute atomic E-state index is 0.0777. The molecule has 24 heavy (non-hydrogen) atoms. The lowest BCUT2D eigenvalue weighted by Gasteiger charge is -2.36. The summed E-state index contributed by atoms with van der Waals surface area (Å²) < 4.78 is 13.9. The molecule has 1 heterocycles. The molecule has 0 radical (unpaired) electrons. The van der Waals surface area contributed by atoms with Gasteiger partial charge in [0.25, 0.3) is 0 Å². The highest BCUT2D eigenvalue weighted by molar-refractivity contribution is 5.86. The first-order valence-electron chi connectivity index (χ1n) is 8.51. The number of hydrogen-bond acceptors (Lipinski definition) is 2. The Kier molecular flexibility index (Phi) is 4.28. The van der Waals surface area contributed by atoms with Crippen molar-refractivity contribution in [3.8, 4) is 0 Å². The van der Waals surface area contributed by atoms with Gasteiger partial charge in [-0.05, 0) is 34.0 Å². The summed E-state index contributed by atoms with van der Waals surface area (Å²) in [5.41, 5.74) is 2.27. The van der Waals surface area contributed by atoms with Crippen molar-refractivity contribution in [3.63, 3.8) is 0 Å². The third-order valence-corrected chi connectivity index (χ3v) is 4.80. The molecule has 0 saturated carbocycles. The summed E-state index contributed by atoms with van der Waals surface area (Å²) in [5.74, 6) is -0.173. The van der Waals surface area contributed by atoms with Crippen LogP contribution in [0.15, 0.2) is 66.7 Å². The molecule has 0 bridgehead atoms. The summed E-state index contributed by atoms with van der Waals surface area (Å²) in [6.07, 6.45) is 0. The first-order chi connectivity index (χ1) is 11.8. The van der Waals surface area contributed by atoms with Crippen LogP contribution in [-0.2, 0) is 0 Å². The maximum absolute atomic E-state index is 13.9. The highest BCUT2D eigenvalue weighted by Crippen LogP contribution is 2.34. The third kappa shape index (κ3) is 2.93. The van der Waals surface area contributed by atoms with Gasteiger partial charge in [-0.15, -0.1) is 0 Å². The highest BCUT2D eigenvalue weighted by atomic mass is 19.1. The minimum atomic E-state index is -0.173. The third-order valence-electron chi connectivity index (χ3n) is 4.80. The van der Waals surface area contributed by atoms with E-state index in [2.05, 4.69) is 52.7 Å². The lowest BCUT2D eigenvalue weighted by atomic mass is 9.92. The Morgan fingerprint density at radius 2 is 1.62 bits per heavy atom. The topological polar surface area (TPSA) is 15.3 Å². The predicted molar refractivity (Wildman–Crippen MR) is 96.6 cm³/mol. The van der Waals surface area contributed by atoms with E-state index in [9.17, 15) is 4.39 Å². The standard InChI is InChI=1S/C21H21FN2/c22-18-8-3-7-17(15-18)21(24-13-11-23-12-14-24)20-10-4-6-16-5-1-2-9-19(16)20/h1-10,15,21,23H,11-14H2. The molecule has 122 valence electrons. The normalized spacial score (nSPS) is 17.0. The van der Waals surface area contributed by atoms with Crippen LogP contribution < -0.4 is 5.32 Å². The quantitative estimate of drug-likeness (QED) is 0.785. The van der Waals surface area contributed by atoms with E-state index in [-0.39, 0.29) is 11.9 Å². The second kappa shape index (κ2) is 6.71. The van der Waals surface area contributed by atoms with Crippen molar-refractivity contribution in [2.75, 3.05) is 26.2 Å². The molecule has 1 atom stereocenters. The molecule has 0 spiro atoms. The van der Waals surface area contributed by atoms with Crippen LogP contribution in [0.3, 0.4) is 0 Å². The molecule has 4 rings (SSSR count). The van der Waals surface area contributed by atoms with Crippen molar-refractivity contribution < 1.29 is 4.39 Å². The van der Waals surface area contributed by atoms with Crippen LogP contribution in [0.4, 0.5) is 4.39 Å². The molecular formula is C21H21FN2. The molecule has 1 saturated heterocycles. The zero-order valence-corrected chi connectivity index (χ0v) is 13.6. The monoisotopic (exact) mass is 320 g/mol. The van der Waals surface area contributed by atoms with Gasteiger partial charge >= 0.3 is 0 Å². The average molecular weight is 320 g/mol. The van der Waals surface area contributed by atoms with Crippen LogP contribution in [0.5, 0.6) is 0 Å². The maximum Gasteiger partial charge on any atom is 0.123 e. The Balaban J connectivity index is 1.88. The van der Waals surface area contributed by atoms with Crippen molar-refractivity contribution >= 4 is 10.8 Å². The second-order valence-electron chi connectivity index (χ2n) is 6.31. The number of fused-ring (bicyclic) bond motifs is 1. The van der Waals surface area contributed by atoms with Crippen LogP contribution in [0.2, 0.25) is 0 Å². The molecule has 1 N–H and O–H groups in total. The van der Waals surface area contributed by atoms with Crippen molar-refractivity contribution in [2.24, 2.45) is 0 Å². The van der Waals surface area contributed by atoms with Crippen molar-refractivity contribution in [1.82, 2.24) is 10.2 Å². The molecule has 0 amide bonds. The van der Waals surface area contributed by atoms with Gasteiger partial charge in [0.15, 0.2) is 0 Å². The van der Waals surface area contributed by atoms with E-state index in [1.165, 1.54) is 22.4 Å². The fraction of sp³-hybridized carbons (Fsp3) is 0.238. The van der Waals surface area contributed by atoms with Crippen molar-refractivity contribution in [1.29, 1.82) is 0 Å². The Morgan fingerprint density at radius 1 is 0.875 bits per heavy atom. The number of nitrogens with zero attached hydrogens (tertiary/aromatic N) is 1. The van der Waals surface area contributed by atoms with E-state index >= 15 is 0 Å². The molecule has 1 fully saturated rings. The van der Waals surface area contributed by atoms with E-state index in [0.29, 0.717) is 0 Å². The van der Waals surface area contributed by atoms with Gasteiger partial charge in [0.05, 0.1) is 6.04 Å². The molecule has 3 aromatic carbocycles. The molecule has 1 aliphatic heterocycles. The maximum atomic E-state index is 13.9. The summed E-state index contributed by atoms with van der Waals surface area (Å²) in [5, 5.41) is 5.88. The Bertz CT molecular complexity index is 835. The number of hydrogen-bond donors (Lipinski definition) is 1. The summed E-state index contributed by atoms with van der Waals surface area (Å²) in [7, 11) is 0. The van der Waals surface area contributed by atoms with Gasteiger partial charge in [0.1, 0.15) is 5.82 Å². The average Bonchev–Trinajstić information content (AvgIpc) is 2.63. The first-order valence-corrected chi connectivity index (χ1v) is 8.51. The van der Waals surface area contributed by atoms with Gasteiger partial charge in [-0.2, -0.15) is 0 Å². The van der Waals surface area contributed by atoms with Crippen LogP contribution in [-0.4, -0.2) is 31.1 Å². The zero-order valence-electron chi connectivity index (χ0n) is 13.6. The number of rotatable bonds is 3. The zero-order chi connectivity index (χ0) is 16.4. The largest absolute Gasteiger partial charge is 0.314 e. The van der Waals surface area contributed by atoms with E-state index in [0.717, 1.165) is 31.7 Å². The summed E-state index contributed by atoms with van der Waals surface area (Å²) in [6.45, 7) is 3.86. The smallest absolute Gasteiger partial charge is 0.123 e. The van der Waals surface area contributed by atoms with E-state index in [1.54, 1.807) is 6.07 Å². The second-order valence-corrected chi connectivity index (χ2v) is 6.31. The highest BCUT2D eigenvalue weighted by Gasteiger charge is 2.25. The Labute approximate surface area is 141 Å². The van der Waals surface area contributed by atoms with Crippen molar-refractivity contribution in [2.45, 2.75) is 6.04 Å². The molecule has 1 aliphatic rings. The molecule has 3 heteroatoms. The molecule has 1 unspecified atom stereocenters. The van der Waals surface area contributed by atoms with Crippen molar-refractivity contribution in [3.05, 3.63) is 83.7 Å². The molecule has 3 aromatic rings. The van der Waals surface area contributed by atoms with Gasteiger partial charge in [-0.3, -0.25) is 4.90 Å².